The first kappa shape index (κ1) is 12.1. The minimum absolute atomic E-state index is 0.269. The van der Waals surface area contributed by atoms with Gasteiger partial charge in [-0.05, 0) is 37.3 Å². The third-order valence-corrected chi connectivity index (χ3v) is 3.89. The molecule has 0 saturated carbocycles. The quantitative estimate of drug-likeness (QED) is 0.894. The third-order valence-electron chi connectivity index (χ3n) is 3.89. The van der Waals surface area contributed by atoms with Gasteiger partial charge in [0.2, 0.25) is 0 Å². The van der Waals surface area contributed by atoms with E-state index < -0.39 is 0 Å². The number of anilines is 1. The molecule has 1 aliphatic rings. The van der Waals surface area contributed by atoms with Crippen LogP contribution in [-0.2, 0) is 12.8 Å². The van der Waals surface area contributed by atoms with E-state index in [0.717, 1.165) is 30.5 Å². The Kier molecular flexibility index (Phi) is 3.15. The predicted octanol–water partition coefficient (Wildman–Crippen LogP) is 2.48. The molecule has 0 aliphatic heterocycles. The maximum Gasteiger partial charge on any atom is 0.130 e. The Morgan fingerprint density at radius 1 is 1.26 bits per heavy atom. The van der Waals surface area contributed by atoms with Crippen LogP contribution in [0.25, 0.3) is 0 Å². The first-order valence-electron chi connectivity index (χ1n) is 6.84. The van der Waals surface area contributed by atoms with Crippen LogP contribution in [0.4, 0.5) is 5.82 Å². The molecule has 1 atom stereocenters. The Hall–Kier alpha value is -1.97. The molecule has 2 aromatic heterocycles. The average molecular weight is 254 g/mol. The Balaban J connectivity index is 2.12. The van der Waals surface area contributed by atoms with E-state index >= 15 is 0 Å². The smallest absolute Gasteiger partial charge is 0.130 e. The Morgan fingerprint density at radius 3 is 3.00 bits per heavy atom. The fraction of sp³-hybridized carbons (Fsp3) is 0.400. The van der Waals surface area contributed by atoms with Gasteiger partial charge in [0.1, 0.15) is 12.1 Å². The van der Waals surface area contributed by atoms with Crippen LogP contribution in [0.15, 0.2) is 24.7 Å². The molecule has 0 radical (unpaired) electrons. The van der Waals surface area contributed by atoms with Crippen LogP contribution in [0, 0.1) is 0 Å². The van der Waals surface area contributed by atoms with E-state index in [1.165, 1.54) is 17.7 Å². The zero-order chi connectivity index (χ0) is 13.2. The fourth-order valence-corrected chi connectivity index (χ4v) is 2.98. The Bertz CT molecular complexity index is 594. The lowest BCUT2D eigenvalue weighted by Gasteiger charge is -2.25. The zero-order valence-corrected chi connectivity index (χ0v) is 11.1. The number of hydrogen-bond donors (Lipinski definition) is 1. The number of pyridine rings is 1. The molecule has 0 saturated heterocycles. The summed E-state index contributed by atoms with van der Waals surface area (Å²) in [7, 11) is 0. The molecule has 2 N–H and O–H groups in total. The minimum Gasteiger partial charge on any atom is -0.383 e. The van der Waals surface area contributed by atoms with Crippen molar-refractivity contribution in [1.29, 1.82) is 0 Å². The molecule has 0 spiro atoms. The van der Waals surface area contributed by atoms with Gasteiger partial charge in [-0.3, -0.25) is 4.98 Å². The summed E-state index contributed by atoms with van der Waals surface area (Å²) >= 11 is 0. The molecule has 0 fully saturated rings. The molecule has 0 amide bonds. The topological polar surface area (TPSA) is 64.7 Å². The van der Waals surface area contributed by atoms with E-state index in [9.17, 15) is 0 Å². The van der Waals surface area contributed by atoms with Crippen molar-refractivity contribution < 1.29 is 0 Å². The van der Waals surface area contributed by atoms with Gasteiger partial charge in [0.15, 0.2) is 0 Å². The van der Waals surface area contributed by atoms with E-state index in [1.54, 1.807) is 6.33 Å². The third kappa shape index (κ3) is 2.07. The van der Waals surface area contributed by atoms with Gasteiger partial charge in [0.05, 0.1) is 11.4 Å². The standard InChI is InChI=1S/C15H18N4/c1-2-11-14(18-9-19-15(11)16)12-7-3-5-10-6-4-8-17-13(10)12/h4,6,8-9,12H,2-3,5,7H2,1H3,(H2,16,18,19). The van der Waals surface area contributed by atoms with Crippen LogP contribution in [0.1, 0.15) is 48.2 Å². The van der Waals surface area contributed by atoms with Crippen LogP contribution in [-0.4, -0.2) is 15.0 Å². The summed E-state index contributed by atoms with van der Waals surface area (Å²) < 4.78 is 0. The molecular weight excluding hydrogens is 236 g/mol. The van der Waals surface area contributed by atoms with E-state index in [-0.39, 0.29) is 5.92 Å². The summed E-state index contributed by atoms with van der Waals surface area (Å²) in [6, 6.07) is 4.18. The van der Waals surface area contributed by atoms with Gasteiger partial charge in [0.25, 0.3) is 0 Å². The van der Waals surface area contributed by atoms with Gasteiger partial charge in [-0.25, -0.2) is 9.97 Å². The van der Waals surface area contributed by atoms with Gasteiger partial charge in [0, 0.05) is 17.7 Å². The van der Waals surface area contributed by atoms with Crippen LogP contribution in [0.2, 0.25) is 0 Å². The Labute approximate surface area is 113 Å². The van der Waals surface area contributed by atoms with Crippen molar-refractivity contribution >= 4 is 5.82 Å². The SMILES string of the molecule is CCc1c(N)ncnc1C1CCCc2cccnc21. The summed E-state index contributed by atoms with van der Waals surface area (Å²) in [5.74, 6) is 0.876. The largest absolute Gasteiger partial charge is 0.383 e. The van der Waals surface area contributed by atoms with Gasteiger partial charge in [-0.1, -0.05) is 13.0 Å². The van der Waals surface area contributed by atoms with E-state index in [2.05, 4.69) is 27.9 Å². The molecule has 1 unspecified atom stereocenters. The number of hydrogen-bond acceptors (Lipinski definition) is 4. The lowest BCUT2D eigenvalue weighted by atomic mass is 9.83. The first-order valence-corrected chi connectivity index (χ1v) is 6.84. The van der Waals surface area contributed by atoms with Crippen molar-refractivity contribution in [1.82, 2.24) is 15.0 Å². The van der Waals surface area contributed by atoms with Gasteiger partial charge in [-0.2, -0.15) is 0 Å². The highest BCUT2D eigenvalue weighted by atomic mass is 14.9. The summed E-state index contributed by atoms with van der Waals surface area (Å²) in [6.07, 6.45) is 7.68. The fourth-order valence-electron chi connectivity index (χ4n) is 2.98. The van der Waals surface area contributed by atoms with Crippen molar-refractivity contribution in [2.45, 2.75) is 38.5 Å². The van der Waals surface area contributed by atoms with Crippen molar-refractivity contribution in [2.24, 2.45) is 0 Å². The van der Waals surface area contributed by atoms with Gasteiger partial charge < -0.3 is 5.73 Å². The molecule has 1 aliphatic carbocycles. The van der Waals surface area contributed by atoms with E-state index in [4.69, 9.17) is 5.73 Å². The molecule has 2 heterocycles. The van der Waals surface area contributed by atoms with Gasteiger partial charge >= 0.3 is 0 Å². The molecule has 0 bridgehead atoms. The van der Waals surface area contributed by atoms with Crippen molar-refractivity contribution in [3.8, 4) is 0 Å². The second kappa shape index (κ2) is 4.96. The molecule has 4 nitrogen and oxygen atoms in total. The van der Waals surface area contributed by atoms with Gasteiger partial charge in [-0.15, -0.1) is 0 Å². The number of fused-ring (bicyclic) bond motifs is 1. The first-order chi connectivity index (χ1) is 9.31. The zero-order valence-electron chi connectivity index (χ0n) is 11.1. The molecule has 0 aromatic carbocycles. The maximum absolute atomic E-state index is 5.99. The van der Waals surface area contributed by atoms with Crippen molar-refractivity contribution in [3.05, 3.63) is 47.2 Å². The number of aryl methyl sites for hydroxylation is 1. The Morgan fingerprint density at radius 2 is 2.16 bits per heavy atom. The molecular formula is C15H18N4. The lowest BCUT2D eigenvalue weighted by Crippen LogP contribution is -2.17. The average Bonchev–Trinajstić information content (AvgIpc) is 2.46. The predicted molar refractivity (Wildman–Crippen MR) is 74.8 cm³/mol. The molecule has 19 heavy (non-hydrogen) atoms. The van der Waals surface area contributed by atoms with Crippen molar-refractivity contribution in [3.63, 3.8) is 0 Å². The second-order valence-corrected chi connectivity index (χ2v) is 4.97. The monoisotopic (exact) mass is 254 g/mol. The lowest BCUT2D eigenvalue weighted by molar-refractivity contribution is 0.582. The number of aromatic nitrogens is 3. The summed E-state index contributed by atoms with van der Waals surface area (Å²) in [5, 5.41) is 0. The number of nitrogens with two attached hydrogens (primary N) is 1. The highest BCUT2D eigenvalue weighted by Gasteiger charge is 2.26. The number of nitrogen functional groups attached to an aromatic ring is 1. The van der Waals surface area contributed by atoms with E-state index in [1.807, 2.05) is 12.3 Å². The minimum atomic E-state index is 0.269. The van der Waals surface area contributed by atoms with Crippen LogP contribution in [0.5, 0.6) is 0 Å². The highest BCUT2D eigenvalue weighted by Crippen LogP contribution is 2.36. The van der Waals surface area contributed by atoms with Crippen LogP contribution in [0.3, 0.4) is 0 Å². The maximum atomic E-state index is 5.99. The summed E-state index contributed by atoms with van der Waals surface area (Å²) in [5.41, 5.74) is 10.6. The summed E-state index contributed by atoms with van der Waals surface area (Å²) in [6.45, 7) is 2.10. The molecule has 3 rings (SSSR count). The second-order valence-electron chi connectivity index (χ2n) is 4.97. The highest BCUT2D eigenvalue weighted by molar-refractivity contribution is 5.46. The molecule has 2 aromatic rings. The molecule has 4 heteroatoms. The van der Waals surface area contributed by atoms with Crippen LogP contribution < -0.4 is 5.73 Å². The number of nitrogens with zero attached hydrogens (tertiary/aromatic N) is 3. The van der Waals surface area contributed by atoms with Crippen LogP contribution >= 0.6 is 0 Å². The van der Waals surface area contributed by atoms with Crippen molar-refractivity contribution in [2.75, 3.05) is 5.73 Å². The van der Waals surface area contributed by atoms with E-state index in [0.29, 0.717) is 5.82 Å². The molecule has 98 valence electrons. The number of rotatable bonds is 2. The summed E-state index contributed by atoms with van der Waals surface area (Å²) in [4.78, 5) is 13.2. The normalized spacial score (nSPS) is 18.1.